The molecule has 8 heteroatoms. The summed E-state index contributed by atoms with van der Waals surface area (Å²) in [4.78, 5) is 27.6. The van der Waals surface area contributed by atoms with Crippen molar-refractivity contribution in [2.24, 2.45) is 0 Å². The van der Waals surface area contributed by atoms with E-state index in [2.05, 4.69) is 5.10 Å². The fourth-order valence-electron chi connectivity index (χ4n) is 3.51. The van der Waals surface area contributed by atoms with E-state index in [1.165, 1.54) is 4.90 Å². The maximum absolute atomic E-state index is 13.3. The molecule has 0 saturated heterocycles. The smallest absolute Gasteiger partial charge is 0.300 e. The molecule has 1 heterocycles. The molecule has 1 amide bonds. The van der Waals surface area contributed by atoms with Gasteiger partial charge in [-0.25, -0.2) is 4.68 Å². The second-order valence-corrected chi connectivity index (χ2v) is 8.65. The zero-order valence-corrected chi connectivity index (χ0v) is 20.0. The zero-order chi connectivity index (χ0) is 23.7. The standard InChI is InChI=1S/C25H18Cl3N3O2/c1-15-22(24(32)25(33)30(2)19-6-4-3-5-7-19)29-31(21-13-12-18(27)14-20(21)28)23(15)16-8-10-17(26)11-9-16/h3-14H,1-2H3. The number of halogens is 3. The van der Waals surface area contributed by atoms with Crippen LogP contribution in [0.1, 0.15) is 16.1 Å². The minimum atomic E-state index is -0.724. The van der Waals surface area contributed by atoms with E-state index in [4.69, 9.17) is 34.8 Å². The average Bonchev–Trinajstić information content (AvgIpc) is 3.15. The first kappa shape index (κ1) is 23.1. The summed E-state index contributed by atoms with van der Waals surface area (Å²) in [6, 6.07) is 21.0. The van der Waals surface area contributed by atoms with Gasteiger partial charge in [0.2, 0.25) is 0 Å². The van der Waals surface area contributed by atoms with E-state index in [0.717, 1.165) is 5.56 Å². The first-order chi connectivity index (χ1) is 15.8. The van der Waals surface area contributed by atoms with Crippen LogP contribution in [0.15, 0.2) is 72.8 Å². The summed E-state index contributed by atoms with van der Waals surface area (Å²) >= 11 is 18.6. The summed E-state index contributed by atoms with van der Waals surface area (Å²) in [6.07, 6.45) is 0. The Morgan fingerprint density at radius 2 is 1.52 bits per heavy atom. The third kappa shape index (κ3) is 4.53. The number of carbonyl (C=O) groups excluding carboxylic acids is 2. The second-order valence-electron chi connectivity index (χ2n) is 7.37. The molecule has 0 fully saturated rings. The number of likely N-dealkylation sites (N-methyl/N-ethyl adjacent to an activating group) is 1. The third-order valence-corrected chi connectivity index (χ3v) is 6.03. The van der Waals surface area contributed by atoms with E-state index in [1.54, 1.807) is 73.3 Å². The van der Waals surface area contributed by atoms with E-state index < -0.39 is 11.7 Å². The summed E-state index contributed by atoms with van der Waals surface area (Å²) in [5.41, 5.74) is 3.10. The van der Waals surface area contributed by atoms with Crippen molar-refractivity contribution in [1.29, 1.82) is 0 Å². The number of anilines is 1. The Morgan fingerprint density at radius 1 is 0.879 bits per heavy atom. The Morgan fingerprint density at radius 3 is 2.15 bits per heavy atom. The van der Waals surface area contributed by atoms with Crippen molar-refractivity contribution in [1.82, 2.24) is 9.78 Å². The fraction of sp³-hybridized carbons (Fsp3) is 0.0800. The summed E-state index contributed by atoms with van der Waals surface area (Å²) in [5.74, 6) is -1.42. The van der Waals surface area contributed by atoms with Gasteiger partial charge < -0.3 is 4.90 Å². The molecule has 0 bridgehead atoms. The molecule has 1 aromatic heterocycles. The van der Waals surface area contributed by atoms with Gasteiger partial charge in [-0.3, -0.25) is 9.59 Å². The maximum atomic E-state index is 13.3. The predicted molar refractivity (Wildman–Crippen MR) is 133 cm³/mol. The van der Waals surface area contributed by atoms with E-state index >= 15 is 0 Å². The van der Waals surface area contributed by atoms with Crippen molar-refractivity contribution in [2.75, 3.05) is 11.9 Å². The lowest BCUT2D eigenvalue weighted by atomic mass is 10.0. The lowest BCUT2D eigenvalue weighted by Crippen LogP contribution is -2.33. The van der Waals surface area contributed by atoms with Crippen molar-refractivity contribution in [2.45, 2.75) is 6.92 Å². The highest BCUT2D eigenvalue weighted by Gasteiger charge is 2.29. The van der Waals surface area contributed by atoms with Crippen LogP contribution in [0.25, 0.3) is 16.9 Å². The first-order valence-corrected chi connectivity index (χ1v) is 11.1. The van der Waals surface area contributed by atoms with Gasteiger partial charge in [0.15, 0.2) is 0 Å². The molecule has 166 valence electrons. The monoisotopic (exact) mass is 497 g/mol. The van der Waals surface area contributed by atoms with Crippen molar-refractivity contribution >= 4 is 52.2 Å². The van der Waals surface area contributed by atoms with Crippen LogP contribution in [0.4, 0.5) is 5.69 Å². The number of amides is 1. The van der Waals surface area contributed by atoms with Gasteiger partial charge in [0, 0.05) is 33.9 Å². The van der Waals surface area contributed by atoms with Gasteiger partial charge in [-0.1, -0.05) is 65.1 Å². The molecule has 0 aliphatic heterocycles. The van der Waals surface area contributed by atoms with Crippen LogP contribution in [0.5, 0.6) is 0 Å². The SMILES string of the molecule is Cc1c(C(=O)C(=O)N(C)c2ccccc2)nn(-c2ccc(Cl)cc2Cl)c1-c1ccc(Cl)cc1. The van der Waals surface area contributed by atoms with E-state index in [0.29, 0.717) is 37.7 Å². The summed E-state index contributed by atoms with van der Waals surface area (Å²) in [5, 5.41) is 5.92. The lowest BCUT2D eigenvalue weighted by molar-refractivity contribution is -0.114. The molecular formula is C25H18Cl3N3O2. The highest BCUT2D eigenvalue weighted by atomic mass is 35.5. The van der Waals surface area contributed by atoms with Crippen LogP contribution < -0.4 is 4.90 Å². The van der Waals surface area contributed by atoms with Gasteiger partial charge >= 0.3 is 5.91 Å². The van der Waals surface area contributed by atoms with Crippen LogP contribution in [0.2, 0.25) is 15.1 Å². The molecule has 0 aliphatic carbocycles. The minimum Gasteiger partial charge on any atom is -0.309 e. The quantitative estimate of drug-likeness (QED) is 0.228. The molecule has 0 saturated carbocycles. The van der Waals surface area contributed by atoms with Gasteiger partial charge in [-0.05, 0) is 49.4 Å². The predicted octanol–water partition coefficient (Wildman–Crippen LogP) is 6.65. The number of ketones is 1. The Balaban J connectivity index is 1.85. The number of Topliss-reactive ketones (excluding diaryl/α,β-unsaturated/α-hetero) is 1. The summed E-state index contributed by atoms with van der Waals surface area (Å²) in [7, 11) is 1.55. The summed E-state index contributed by atoms with van der Waals surface area (Å²) in [6.45, 7) is 1.75. The number of rotatable bonds is 5. The Bertz CT molecular complexity index is 1350. The van der Waals surface area contributed by atoms with Gasteiger partial charge in [0.25, 0.3) is 5.78 Å². The molecular weight excluding hydrogens is 481 g/mol. The molecule has 0 atom stereocenters. The first-order valence-electron chi connectivity index (χ1n) is 9.96. The van der Waals surface area contributed by atoms with Crippen LogP contribution in [-0.4, -0.2) is 28.5 Å². The zero-order valence-electron chi connectivity index (χ0n) is 17.7. The second kappa shape index (κ2) is 9.40. The maximum Gasteiger partial charge on any atom is 0.300 e. The van der Waals surface area contributed by atoms with Crippen LogP contribution in [-0.2, 0) is 4.79 Å². The fourth-order valence-corrected chi connectivity index (χ4v) is 4.12. The van der Waals surface area contributed by atoms with Gasteiger partial charge in [-0.2, -0.15) is 5.10 Å². The number of nitrogens with zero attached hydrogens (tertiary/aromatic N) is 3. The topological polar surface area (TPSA) is 55.2 Å². The van der Waals surface area contributed by atoms with E-state index in [9.17, 15) is 9.59 Å². The molecule has 33 heavy (non-hydrogen) atoms. The van der Waals surface area contributed by atoms with Crippen molar-refractivity contribution in [3.63, 3.8) is 0 Å². The molecule has 4 aromatic rings. The van der Waals surface area contributed by atoms with Crippen LogP contribution >= 0.6 is 34.8 Å². The normalized spacial score (nSPS) is 10.8. The summed E-state index contributed by atoms with van der Waals surface area (Å²) < 4.78 is 1.56. The van der Waals surface area contributed by atoms with E-state index in [-0.39, 0.29) is 5.69 Å². The molecule has 0 spiro atoms. The Hall–Kier alpha value is -3.12. The van der Waals surface area contributed by atoms with Crippen molar-refractivity contribution in [3.05, 3.63) is 99.1 Å². The molecule has 5 nitrogen and oxygen atoms in total. The third-order valence-electron chi connectivity index (χ3n) is 5.24. The number of hydrogen-bond donors (Lipinski definition) is 0. The van der Waals surface area contributed by atoms with Crippen LogP contribution in [0.3, 0.4) is 0 Å². The molecule has 3 aromatic carbocycles. The minimum absolute atomic E-state index is 0.0405. The molecule has 0 N–H and O–H groups in total. The van der Waals surface area contributed by atoms with Gasteiger partial charge in [0.1, 0.15) is 5.69 Å². The van der Waals surface area contributed by atoms with Crippen LogP contribution in [0, 0.1) is 6.92 Å². The van der Waals surface area contributed by atoms with Crippen molar-refractivity contribution < 1.29 is 9.59 Å². The van der Waals surface area contributed by atoms with Gasteiger partial charge in [0.05, 0.1) is 16.4 Å². The highest BCUT2D eigenvalue weighted by molar-refractivity contribution is 6.47. The number of benzene rings is 3. The van der Waals surface area contributed by atoms with E-state index in [1.807, 2.05) is 18.2 Å². The van der Waals surface area contributed by atoms with Gasteiger partial charge in [-0.15, -0.1) is 0 Å². The van der Waals surface area contributed by atoms with Crippen molar-refractivity contribution in [3.8, 4) is 16.9 Å². The molecule has 0 unspecified atom stereocenters. The molecule has 0 radical (unpaired) electrons. The number of hydrogen-bond acceptors (Lipinski definition) is 3. The highest BCUT2D eigenvalue weighted by Crippen LogP contribution is 2.33. The Kier molecular flexibility index (Phi) is 6.56. The lowest BCUT2D eigenvalue weighted by Gasteiger charge is -2.15. The number of aromatic nitrogens is 2. The number of para-hydroxylation sites is 1. The Labute approximate surface area is 206 Å². The molecule has 4 rings (SSSR count). The average molecular weight is 499 g/mol. The largest absolute Gasteiger partial charge is 0.309 e. The molecule has 0 aliphatic rings. The number of carbonyl (C=O) groups is 2.